The molecule has 0 unspecified atom stereocenters. The van der Waals surface area contributed by atoms with Crippen molar-refractivity contribution in [2.24, 2.45) is 0 Å². The molecular formula is C20H14Cl2N2O5. The van der Waals surface area contributed by atoms with E-state index in [1.54, 1.807) is 30.3 Å². The van der Waals surface area contributed by atoms with E-state index in [1.165, 1.54) is 37.5 Å². The van der Waals surface area contributed by atoms with Crippen LogP contribution in [0.15, 0.2) is 59.0 Å². The van der Waals surface area contributed by atoms with E-state index in [4.69, 9.17) is 32.4 Å². The number of nitrogens with zero attached hydrogens (tertiary/aromatic N) is 1. The summed E-state index contributed by atoms with van der Waals surface area (Å²) in [7, 11) is 1.33. The zero-order valence-electron chi connectivity index (χ0n) is 15.0. The summed E-state index contributed by atoms with van der Waals surface area (Å²) in [5, 5.41) is 14.6. The summed E-state index contributed by atoms with van der Waals surface area (Å²) in [5.74, 6) is 0.605. The zero-order valence-corrected chi connectivity index (χ0v) is 16.5. The molecule has 29 heavy (non-hydrogen) atoms. The minimum atomic E-state index is -0.587. The molecule has 0 spiro atoms. The second-order valence-corrected chi connectivity index (χ2v) is 6.70. The van der Waals surface area contributed by atoms with E-state index in [1.807, 2.05) is 0 Å². The van der Waals surface area contributed by atoms with Gasteiger partial charge in [-0.3, -0.25) is 14.9 Å². The number of carbonyl (C=O) groups excluding carboxylic acids is 1. The summed E-state index contributed by atoms with van der Waals surface area (Å²) in [4.78, 5) is 22.6. The Kier molecular flexibility index (Phi) is 6.21. The highest BCUT2D eigenvalue weighted by atomic mass is 35.5. The Morgan fingerprint density at radius 2 is 1.86 bits per heavy atom. The van der Waals surface area contributed by atoms with Crippen LogP contribution >= 0.6 is 23.2 Å². The average molecular weight is 433 g/mol. The number of nitro benzene ring substituents is 1. The first-order valence-corrected chi connectivity index (χ1v) is 8.99. The Bertz CT molecular complexity index is 1090. The van der Waals surface area contributed by atoms with Crippen molar-refractivity contribution in [3.63, 3.8) is 0 Å². The quantitative estimate of drug-likeness (QED) is 0.300. The van der Waals surface area contributed by atoms with E-state index in [0.29, 0.717) is 27.1 Å². The normalized spacial score (nSPS) is 10.9. The standard InChI is InChI=1S/C20H14Cl2N2O5/c1-28-19-5-2-15(11-17(19)24(26)27)23-20(25)7-4-16-3-6-18(29-16)12-8-13(21)10-14(22)9-12/h2-11H,1H3,(H,23,25)/b7-4+. The Hall–Kier alpha value is -3.29. The fraction of sp³-hybridized carbons (Fsp3) is 0.0500. The Balaban J connectivity index is 1.71. The second-order valence-electron chi connectivity index (χ2n) is 5.83. The molecule has 148 valence electrons. The molecule has 1 amide bonds. The number of benzene rings is 2. The maximum absolute atomic E-state index is 12.1. The summed E-state index contributed by atoms with van der Waals surface area (Å²) in [5.41, 5.74) is 0.725. The van der Waals surface area contributed by atoms with Crippen molar-refractivity contribution >= 4 is 46.6 Å². The van der Waals surface area contributed by atoms with E-state index in [9.17, 15) is 14.9 Å². The third-order valence-corrected chi connectivity index (χ3v) is 4.25. The fourth-order valence-electron chi connectivity index (χ4n) is 2.55. The number of anilines is 1. The van der Waals surface area contributed by atoms with Crippen LogP contribution in [-0.2, 0) is 4.79 Å². The summed E-state index contributed by atoms with van der Waals surface area (Å²) in [6.07, 6.45) is 2.73. The van der Waals surface area contributed by atoms with Gasteiger partial charge in [0.1, 0.15) is 11.5 Å². The summed E-state index contributed by atoms with van der Waals surface area (Å²) in [6.45, 7) is 0. The van der Waals surface area contributed by atoms with Crippen LogP contribution in [0.4, 0.5) is 11.4 Å². The van der Waals surface area contributed by atoms with Crippen molar-refractivity contribution in [3.05, 3.63) is 80.5 Å². The molecule has 0 radical (unpaired) electrons. The van der Waals surface area contributed by atoms with Crippen LogP contribution in [0.1, 0.15) is 5.76 Å². The first kappa shape index (κ1) is 20.4. The lowest BCUT2D eigenvalue weighted by Gasteiger charge is -2.05. The van der Waals surface area contributed by atoms with Gasteiger partial charge in [-0.2, -0.15) is 0 Å². The molecule has 0 saturated heterocycles. The molecule has 3 aromatic rings. The summed E-state index contributed by atoms with van der Waals surface area (Å²) >= 11 is 12.0. The maximum atomic E-state index is 12.1. The minimum absolute atomic E-state index is 0.104. The van der Waals surface area contributed by atoms with Gasteiger partial charge in [-0.1, -0.05) is 23.2 Å². The second kappa shape index (κ2) is 8.81. The van der Waals surface area contributed by atoms with E-state index in [0.717, 1.165) is 0 Å². The van der Waals surface area contributed by atoms with E-state index in [-0.39, 0.29) is 17.1 Å². The topological polar surface area (TPSA) is 94.6 Å². The SMILES string of the molecule is COc1ccc(NC(=O)/C=C/c2ccc(-c3cc(Cl)cc(Cl)c3)o2)cc1[N+](=O)[O-]. The Morgan fingerprint density at radius 1 is 1.14 bits per heavy atom. The number of hydrogen-bond acceptors (Lipinski definition) is 5. The van der Waals surface area contributed by atoms with Crippen molar-refractivity contribution in [2.45, 2.75) is 0 Å². The highest BCUT2D eigenvalue weighted by Gasteiger charge is 2.15. The maximum Gasteiger partial charge on any atom is 0.312 e. The number of ether oxygens (including phenoxy) is 1. The number of nitro groups is 1. The Labute approximate surface area is 175 Å². The summed E-state index contributed by atoms with van der Waals surface area (Å²) < 4.78 is 10.6. The van der Waals surface area contributed by atoms with Gasteiger partial charge in [-0.15, -0.1) is 0 Å². The summed E-state index contributed by atoms with van der Waals surface area (Å²) in [6, 6.07) is 12.6. The van der Waals surface area contributed by atoms with Crippen LogP contribution in [0.5, 0.6) is 5.75 Å². The molecule has 0 bridgehead atoms. The minimum Gasteiger partial charge on any atom is -0.490 e. The number of carbonyl (C=O) groups is 1. The van der Waals surface area contributed by atoms with Gasteiger partial charge < -0.3 is 14.5 Å². The molecule has 0 aliphatic heterocycles. The lowest BCUT2D eigenvalue weighted by atomic mass is 10.2. The van der Waals surface area contributed by atoms with Crippen molar-refractivity contribution in [1.82, 2.24) is 0 Å². The number of rotatable bonds is 6. The smallest absolute Gasteiger partial charge is 0.312 e. The number of furan rings is 1. The molecule has 0 fully saturated rings. The van der Waals surface area contributed by atoms with Crippen LogP contribution in [0.25, 0.3) is 17.4 Å². The van der Waals surface area contributed by atoms with Crippen molar-refractivity contribution in [3.8, 4) is 17.1 Å². The molecule has 1 heterocycles. The van der Waals surface area contributed by atoms with Crippen LogP contribution in [0.3, 0.4) is 0 Å². The molecule has 0 saturated carbocycles. The molecule has 1 aromatic heterocycles. The number of methoxy groups -OCH3 is 1. The van der Waals surface area contributed by atoms with Gasteiger partial charge in [-0.05, 0) is 48.5 Å². The van der Waals surface area contributed by atoms with Crippen molar-refractivity contribution in [1.29, 1.82) is 0 Å². The predicted octanol–water partition coefficient (Wildman–Crippen LogP) is 5.82. The van der Waals surface area contributed by atoms with Gasteiger partial charge >= 0.3 is 5.69 Å². The van der Waals surface area contributed by atoms with E-state index in [2.05, 4.69) is 5.32 Å². The van der Waals surface area contributed by atoms with Gasteiger partial charge in [0, 0.05) is 33.4 Å². The number of halogens is 2. The Morgan fingerprint density at radius 3 is 2.52 bits per heavy atom. The average Bonchev–Trinajstić information content (AvgIpc) is 3.14. The van der Waals surface area contributed by atoms with E-state index >= 15 is 0 Å². The van der Waals surface area contributed by atoms with Gasteiger partial charge in [-0.25, -0.2) is 0 Å². The van der Waals surface area contributed by atoms with Crippen LogP contribution in [-0.4, -0.2) is 17.9 Å². The number of hydrogen-bond donors (Lipinski definition) is 1. The van der Waals surface area contributed by atoms with Crippen LogP contribution in [0.2, 0.25) is 10.0 Å². The van der Waals surface area contributed by atoms with E-state index < -0.39 is 10.8 Å². The van der Waals surface area contributed by atoms with Gasteiger partial charge in [0.2, 0.25) is 5.91 Å². The van der Waals surface area contributed by atoms with Crippen LogP contribution in [0, 0.1) is 10.1 Å². The van der Waals surface area contributed by atoms with Crippen molar-refractivity contribution in [2.75, 3.05) is 12.4 Å². The molecule has 0 aliphatic rings. The van der Waals surface area contributed by atoms with Crippen LogP contribution < -0.4 is 10.1 Å². The zero-order chi connectivity index (χ0) is 21.0. The fourth-order valence-corrected chi connectivity index (χ4v) is 3.07. The molecule has 2 aromatic carbocycles. The van der Waals surface area contributed by atoms with Gasteiger partial charge in [0.25, 0.3) is 0 Å². The molecule has 1 N–H and O–H groups in total. The number of amides is 1. The van der Waals surface area contributed by atoms with Crippen molar-refractivity contribution < 1.29 is 18.9 Å². The number of nitrogens with one attached hydrogen (secondary N) is 1. The highest BCUT2D eigenvalue weighted by molar-refractivity contribution is 6.35. The molecule has 9 heteroatoms. The molecule has 0 aliphatic carbocycles. The van der Waals surface area contributed by atoms with Gasteiger partial charge in [0.15, 0.2) is 5.75 Å². The third kappa shape index (κ3) is 5.16. The largest absolute Gasteiger partial charge is 0.490 e. The molecule has 0 atom stereocenters. The predicted molar refractivity (Wildman–Crippen MR) is 111 cm³/mol. The molecule has 7 nitrogen and oxygen atoms in total. The first-order chi connectivity index (χ1) is 13.9. The third-order valence-electron chi connectivity index (χ3n) is 3.82. The highest BCUT2D eigenvalue weighted by Crippen LogP contribution is 2.30. The molecular weight excluding hydrogens is 419 g/mol. The molecule has 3 rings (SSSR count). The van der Waals surface area contributed by atoms with Gasteiger partial charge in [0.05, 0.1) is 12.0 Å². The lowest BCUT2D eigenvalue weighted by Crippen LogP contribution is -2.08. The lowest BCUT2D eigenvalue weighted by molar-refractivity contribution is -0.385. The monoisotopic (exact) mass is 432 g/mol. The first-order valence-electron chi connectivity index (χ1n) is 8.23.